The molecule has 3 aromatic rings. The number of carbonyl (C=O) groups excluding carboxylic acids is 1. The lowest BCUT2D eigenvalue weighted by molar-refractivity contribution is -0.114. The van der Waals surface area contributed by atoms with Gasteiger partial charge in [0, 0.05) is 35.1 Å². The molecular weight excluding hydrogens is 378 g/mol. The number of nitrogens with one attached hydrogen (secondary N) is 3. The minimum Gasteiger partial charge on any atom is -0.495 e. The average Bonchev–Trinajstić information content (AvgIpc) is 2.63. The van der Waals surface area contributed by atoms with Gasteiger partial charge in [0.2, 0.25) is 11.9 Å². The van der Waals surface area contributed by atoms with Gasteiger partial charge in [0.15, 0.2) is 0 Å². The molecule has 3 rings (SSSR count). The van der Waals surface area contributed by atoms with E-state index in [0.29, 0.717) is 28.2 Å². The molecule has 144 valence electrons. The molecule has 0 atom stereocenters. The monoisotopic (exact) mass is 397 g/mol. The summed E-state index contributed by atoms with van der Waals surface area (Å²) in [6, 6.07) is 14.5. The van der Waals surface area contributed by atoms with Crippen LogP contribution in [-0.2, 0) is 4.79 Å². The van der Waals surface area contributed by atoms with Crippen LogP contribution < -0.4 is 20.7 Å². The van der Waals surface area contributed by atoms with Crippen LogP contribution in [0.4, 0.5) is 28.8 Å². The minimum absolute atomic E-state index is 0.112. The maximum Gasteiger partial charge on any atom is 0.229 e. The summed E-state index contributed by atoms with van der Waals surface area (Å²) in [4.78, 5) is 20.0. The SMILES string of the molecule is COc1ccc(Cl)cc1Nc1nc(C)cc(Nc2ccc(NC(C)=O)cc2)n1. The molecule has 1 heterocycles. The summed E-state index contributed by atoms with van der Waals surface area (Å²) in [5.41, 5.74) is 3.02. The molecule has 1 aromatic heterocycles. The van der Waals surface area contributed by atoms with Crippen LogP contribution in [0.15, 0.2) is 48.5 Å². The van der Waals surface area contributed by atoms with Gasteiger partial charge in [-0.2, -0.15) is 4.98 Å². The van der Waals surface area contributed by atoms with Crippen LogP contribution in [0.1, 0.15) is 12.6 Å². The van der Waals surface area contributed by atoms with E-state index in [1.165, 1.54) is 6.92 Å². The molecule has 0 unspecified atom stereocenters. The Morgan fingerprint density at radius 3 is 2.39 bits per heavy atom. The first-order chi connectivity index (χ1) is 13.4. The lowest BCUT2D eigenvalue weighted by atomic mass is 10.2. The predicted octanol–water partition coefficient (Wildman–Crippen LogP) is 4.89. The normalized spacial score (nSPS) is 10.3. The number of nitrogens with zero attached hydrogens (tertiary/aromatic N) is 2. The topological polar surface area (TPSA) is 88.2 Å². The van der Waals surface area contributed by atoms with E-state index in [2.05, 4.69) is 25.9 Å². The molecule has 0 aliphatic rings. The van der Waals surface area contributed by atoms with Crippen molar-refractivity contribution in [2.75, 3.05) is 23.1 Å². The first-order valence-electron chi connectivity index (χ1n) is 8.54. The van der Waals surface area contributed by atoms with E-state index < -0.39 is 0 Å². The van der Waals surface area contributed by atoms with Crippen molar-refractivity contribution in [1.82, 2.24) is 9.97 Å². The molecule has 0 aliphatic carbocycles. The summed E-state index contributed by atoms with van der Waals surface area (Å²) in [6.45, 7) is 3.35. The average molecular weight is 398 g/mol. The van der Waals surface area contributed by atoms with Crippen molar-refractivity contribution in [1.29, 1.82) is 0 Å². The Morgan fingerprint density at radius 1 is 1.00 bits per heavy atom. The molecule has 28 heavy (non-hydrogen) atoms. The van der Waals surface area contributed by atoms with Crippen LogP contribution in [0.3, 0.4) is 0 Å². The van der Waals surface area contributed by atoms with Gasteiger partial charge < -0.3 is 20.7 Å². The molecule has 0 bridgehead atoms. The van der Waals surface area contributed by atoms with Gasteiger partial charge in [-0.15, -0.1) is 0 Å². The number of carbonyl (C=O) groups is 1. The molecule has 0 saturated heterocycles. The molecule has 0 saturated carbocycles. The zero-order valence-corrected chi connectivity index (χ0v) is 16.5. The highest BCUT2D eigenvalue weighted by Crippen LogP contribution is 2.30. The highest BCUT2D eigenvalue weighted by Gasteiger charge is 2.08. The summed E-state index contributed by atoms with van der Waals surface area (Å²) in [7, 11) is 1.59. The maximum atomic E-state index is 11.1. The Kier molecular flexibility index (Phi) is 5.96. The van der Waals surface area contributed by atoms with Crippen LogP contribution >= 0.6 is 11.6 Å². The Bertz CT molecular complexity index is 992. The number of anilines is 5. The fraction of sp³-hybridized carbons (Fsp3) is 0.150. The molecule has 2 aromatic carbocycles. The predicted molar refractivity (Wildman–Crippen MR) is 112 cm³/mol. The fourth-order valence-electron chi connectivity index (χ4n) is 2.57. The van der Waals surface area contributed by atoms with Gasteiger partial charge in [-0.05, 0) is 49.4 Å². The Balaban J connectivity index is 1.80. The number of aryl methyl sites for hydroxylation is 1. The molecule has 8 heteroatoms. The largest absolute Gasteiger partial charge is 0.495 e. The number of methoxy groups -OCH3 is 1. The molecule has 0 fully saturated rings. The first kappa shape index (κ1) is 19.4. The molecular formula is C20H20ClN5O2. The summed E-state index contributed by atoms with van der Waals surface area (Å²) in [5, 5.41) is 9.68. The lowest BCUT2D eigenvalue weighted by Crippen LogP contribution is -2.05. The zero-order chi connectivity index (χ0) is 20.1. The molecule has 0 aliphatic heterocycles. The Labute approximate surface area is 168 Å². The smallest absolute Gasteiger partial charge is 0.229 e. The van der Waals surface area contributed by atoms with Crippen molar-refractivity contribution in [2.45, 2.75) is 13.8 Å². The number of aromatic nitrogens is 2. The van der Waals surface area contributed by atoms with E-state index in [4.69, 9.17) is 16.3 Å². The van der Waals surface area contributed by atoms with Gasteiger partial charge in [0.05, 0.1) is 12.8 Å². The van der Waals surface area contributed by atoms with Crippen LogP contribution in [0.5, 0.6) is 5.75 Å². The molecule has 0 spiro atoms. The molecule has 3 N–H and O–H groups in total. The van der Waals surface area contributed by atoms with E-state index in [-0.39, 0.29) is 5.91 Å². The van der Waals surface area contributed by atoms with Gasteiger partial charge in [-0.25, -0.2) is 4.98 Å². The van der Waals surface area contributed by atoms with E-state index in [0.717, 1.165) is 17.1 Å². The highest BCUT2D eigenvalue weighted by atomic mass is 35.5. The molecule has 0 radical (unpaired) electrons. The van der Waals surface area contributed by atoms with Crippen molar-refractivity contribution < 1.29 is 9.53 Å². The van der Waals surface area contributed by atoms with E-state index in [1.54, 1.807) is 25.3 Å². The molecule has 1 amide bonds. The van der Waals surface area contributed by atoms with Crippen LogP contribution in [0.25, 0.3) is 0 Å². The Morgan fingerprint density at radius 2 is 1.71 bits per heavy atom. The highest BCUT2D eigenvalue weighted by molar-refractivity contribution is 6.31. The second-order valence-electron chi connectivity index (χ2n) is 6.07. The summed E-state index contributed by atoms with van der Waals surface area (Å²) >= 11 is 6.08. The first-order valence-corrected chi connectivity index (χ1v) is 8.91. The van der Waals surface area contributed by atoms with Crippen molar-refractivity contribution >= 4 is 46.3 Å². The van der Waals surface area contributed by atoms with Crippen molar-refractivity contribution in [2.24, 2.45) is 0 Å². The van der Waals surface area contributed by atoms with Crippen molar-refractivity contribution in [3.63, 3.8) is 0 Å². The third kappa shape index (κ3) is 5.11. The fourth-order valence-corrected chi connectivity index (χ4v) is 2.75. The standard InChI is InChI=1S/C20H20ClN5O2/c1-12-10-19(24-16-7-5-15(6-8-16)23-13(2)27)26-20(22-12)25-17-11-14(21)4-9-18(17)28-3/h4-11H,1-3H3,(H,23,27)(H2,22,24,25,26). The van der Waals surface area contributed by atoms with Crippen molar-refractivity contribution in [3.05, 3.63) is 59.2 Å². The summed E-state index contributed by atoms with van der Waals surface area (Å²) in [5.74, 6) is 1.57. The van der Waals surface area contributed by atoms with Gasteiger partial charge in [0.1, 0.15) is 11.6 Å². The van der Waals surface area contributed by atoms with Gasteiger partial charge in [0.25, 0.3) is 0 Å². The van der Waals surface area contributed by atoms with Crippen LogP contribution in [-0.4, -0.2) is 23.0 Å². The number of halogens is 1. The van der Waals surface area contributed by atoms with Gasteiger partial charge in [-0.3, -0.25) is 4.79 Å². The number of hydrogen-bond donors (Lipinski definition) is 3. The number of rotatable bonds is 6. The Hall–Kier alpha value is -3.32. The quantitative estimate of drug-likeness (QED) is 0.548. The van der Waals surface area contributed by atoms with Gasteiger partial charge in [-0.1, -0.05) is 11.6 Å². The second kappa shape index (κ2) is 8.58. The van der Waals surface area contributed by atoms with E-state index >= 15 is 0 Å². The van der Waals surface area contributed by atoms with Crippen LogP contribution in [0, 0.1) is 6.92 Å². The zero-order valence-electron chi connectivity index (χ0n) is 15.7. The number of benzene rings is 2. The van der Waals surface area contributed by atoms with Gasteiger partial charge >= 0.3 is 0 Å². The summed E-state index contributed by atoms with van der Waals surface area (Å²) in [6.07, 6.45) is 0. The third-order valence-corrected chi connectivity index (χ3v) is 3.97. The second-order valence-corrected chi connectivity index (χ2v) is 6.51. The van der Waals surface area contributed by atoms with E-state index in [1.807, 2.05) is 37.3 Å². The minimum atomic E-state index is -0.112. The van der Waals surface area contributed by atoms with E-state index in [9.17, 15) is 4.79 Å². The molecule has 7 nitrogen and oxygen atoms in total. The number of hydrogen-bond acceptors (Lipinski definition) is 6. The maximum absolute atomic E-state index is 11.1. The van der Waals surface area contributed by atoms with Crippen molar-refractivity contribution in [3.8, 4) is 5.75 Å². The number of amides is 1. The number of ether oxygens (including phenoxy) is 1. The van der Waals surface area contributed by atoms with Crippen LogP contribution in [0.2, 0.25) is 5.02 Å². The summed E-state index contributed by atoms with van der Waals surface area (Å²) < 4.78 is 5.35. The third-order valence-electron chi connectivity index (χ3n) is 3.74. The lowest BCUT2D eigenvalue weighted by Gasteiger charge is -2.13.